The van der Waals surface area contributed by atoms with Gasteiger partial charge < -0.3 is 14.4 Å². The van der Waals surface area contributed by atoms with Gasteiger partial charge in [0, 0.05) is 60.1 Å². The van der Waals surface area contributed by atoms with E-state index in [4.69, 9.17) is 26.2 Å². The van der Waals surface area contributed by atoms with E-state index in [9.17, 15) is 8.78 Å². The molecule has 1 unspecified atom stereocenters. The number of hydrazone groups is 1. The molecular formula is C24H29ClF2N4O2S. The Morgan fingerprint density at radius 2 is 2.12 bits per heavy atom. The number of alkyl halides is 2. The van der Waals surface area contributed by atoms with E-state index in [0.717, 1.165) is 43.3 Å². The Kier molecular flexibility index (Phi) is 6.67. The molecule has 0 bridgehead atoms. The molecule has 1 spiro atoms. The van der Waals surface area contributed by atoms with Crippen molar-refractivity contribution < 1.29 is 18.3 Å². The first-order chi connectivity index (χ1) is 16.3. The summed E-state index contributed by atoms with van der Waals surface area (Å²) in [4.78, 5) is 7.56. The van der Waals surface area contributed by atoms with Crippen LogP contribution >= 0.6 is 22.9 Å². The molecule has 34 heavy (non-hydrogen) atoms. The van der Waals surface area contributed by atoms with Crippen LogP contribution in [0.25, 0.3) is 0 Å². The minimum absolute atomic E-state index is 0.0508. The summed E-state index contributed by atoms with van der Waals surface area (Å²) in [5.74, 6) is -1.86. The summed E-state index contributed by atoms with van der Waals surface area (Å²) in [6.07, 6.45) is 3.14. The molecule has 0 saturated carbocycles. The van der Waals surface area contributed by atoms with Crippen molar-refractivity contribution in [2.24, 2.45) is 11.0 Å². The fourth-order valence-corrected chi connectivity index (χ4v) is 6.57. The Hall–Kier alpha value is -1.65. The van der Waals surface area contributed by atoms with Crippen LogP contribution in [0.1, 0.15) is 42.7 Å². The predicted molar refractivity (Wildman–Crippen MR) is 130 cm³/mol. The number of halogens is 3. The van der Waals surface area contributed by atoms with E-state index in [2.05, 4.69) is 16.8 Å². The number of aromatic nitrogens is 1. The average Bonchev–Trinajstić information content (AvgIpc) is 3.41. The molecule has 1 fully saturated rings. The van der Waals surface area contributed by atoms with Crippen molar-refractivity contribution >= 4 is 34.5 Å². The number of nitrogens with zero attached hydrogens (tertiary/aromatic N) is 4. The van der Waals surface area contributed by atoms with Gasteiger partial charge in [0.25, 0.3) is 5.92 Å². The minimum Gasteiger partial charge on any atom is -0.377 e. The third kappa shape index (κ3) is 4.48. The quantitative estimate of drug-likeness (QED) is 0.530. The van der Waals surface area contributed by atoms with Crippen LogP contribution < -0.4 is 5.01 Å². The first-order valence-corrected chi connectivity index (χ1v) is 12.9. The maximum Gasteiger partial charge on any atom is 0.297 e. The summed E-state index contributed by atoms with van der Waals surface area (Å²) >= 11 is 7.37. The predicted octanol–water partition coefficient (Wildman–Crippen LogP) is 5.26. The second-order valence-electron chi connectivity index (χ2n) is 9.23. The topological polar surface area (TPSA) is 50.2 Å². The Morgan fingerprint density at radius 3 is 2.88 bits per heavy atom. The van der Waals surface area contributed by atoms with Gasteiger partial charge in [0.05, 0.1) is 17.5 Å². The van der Waals surface area contributed by atoms with Gasteiger partial charge in [-0.15, -0.1) is 11.3 Å². The number of likely N-dealkylation sites (tertiary alicyclic amines) is 1. The molecule has 2 aromatic heterocycles. The lowest BCUT2D eigenvalue weighted by atomic mass is 9.84. The number of hydrogen-bond acceptors (Lipinski definition) is 7. The number of fused-ring (bicyclic) bond motifs is 2. The normalized spacial score (nSPS) is 23.9. The number of hydrogen-bond donors (Lipinski definition) is 0. The molecule has 10 heteroatoms. The van der Waals surface area contributed by atoms with Crippen LogP contribution in [-0.4, -0.2) is 55.0 Å². The Bertz CT molecular complexity index is 1070. The second kappa shape index (κ2) is 9.43. The van der Waals surface area contributed by atoms with Crippen molar-refractivity contribution in [3.63, 3.8) is 0 Å². The van der Waals surface area contributed by atoms with Crippen molar-refractivity contribution in [3.8, 4) is 0 Å². The lowest BCUT2D eigenvalue weighted by Gasteiger charge is -2.45. The standard InChI is InChI=1S/C24H29ClF2N4O2S/c1-3-32-14-17-5-4-8-28-22(17)31-13-18(16(2)29-31)12-30-9-6-23(7-10-30)21-19(11-20(25)34-21)24(26,27)15-33-23/h4-5,8,11,18H,3,6-7,9-10,12-15H2,1-2H3. The van der Waals surface area contributed by atoms with E-state index in [0.29, 0.717) is 35.3 Å². The van der Waals surface area contributed by atoms with Crippen molar-refractivity contribution in [2.75, 3.05) is 44.4 Å². The van der Waals surface area contributed by atoms with Gasteiger partial charge in [0.15, 0.2) is 5.82 Å². The number of piperidine rings is 1. The monoisotopic (exact) mass is 510 g/mol. The molecule has 2 aromatic rings. The number of rotatable bonds is 6. The van der Waals surface area contributed by atoms with Gasteiger partial charge in [-0.2, -0.15) is 13.9 Å². The zero-order valence-corrected chi connectivity index (χ0v) is 21.0. The molecule has 1 atom stereocenters. The Balaban J connectivity index is 1.23. The highest BCUT2D eigenvalue weighted by Crippen LogP contribution is 2.52. The van der Waals surface area contributed by atoms with Gasteiger partial charge in [-0.25, -0.2) is 9.99 Å². The third-order valence-corrected chi connectivity index (χ3v) is 8.47. The highest BCUT2D eigenvalue weighted by atomic mass is 35.5. The molecule has 0 amide bonds. The molecule has 0 aromatic carbocycles. The lowest BCUT2D eigenvalue weighted by molar-refractivity contribution is -0.181. The van der Waals surface area contributed by atoms with E-state index in [-0.39, 0.29) is 11.5 Å². The summed E-state index contributed by atoms with van der Waals surface area (Å²) in [5.41, 5.74) is 1.50. The first-order valence-electron chi connectivity index (χ1n) is 11.7. The van der Waals surface area contributed by atoms with Crippen LogP contribution in [0.2, 0.25) is 4.34 Å². The van der Waals surface area contributed by atoms with Gasteiger partial charge in [-0.05, 0) is 38.8 Å². The van der Waals surface area contributed by atoms with Crippen LogP contribution in [0.4, 0.5) is 14.6 Å². The fourth-order valence-electron chi connectivity index (χ4n) is 5.09. The van der Waals surface area contributed by atoms with Crippen LogP contribution in [0, 0.1) is 5.92 Å². The number of pyridine rings is 1. The van der Waals surface area contributed by atoms with Gasteiger partial charge in [0.1, 0.15) is 12.2 Å². The summed E-state index contributed by atoms with van der Waals surface area (Å²) < 4.78 is 40.6. The second-order valence-corrected chi connectivity index (χ2v) is 10.9. The minimum atomic E-state index is -2.98. The molecule has 6 nitrogen and oxygen atoms in total. The van der Waals surface area contributed by atoms with Crippen LogP contribution in [0.5, 0.6) is 0 Å². The Morgan fingerprint density at radius 1 is 1.32 bits per heavy atom. The fraction of sp³-hybridized carbons (Fsp3) is 0.583. The molecule has 0 N–H and O–H groups in total. The maximum atomic E-state index is 14.4. The molecule has 3 aliphatic heterocycles. The van der Waals surface area contributed by atoms with Gasteiger partial charge >= 0.3 is 0 Å². The van der Waals surface area contributed by atoms with Gasteiger partial charge in [-0.3, -0.25) is 0 Å². The molecule has 3 aliphatic rings. The zero-order chi connectivity index (χ0) is 23.9. The van der Waals surface area contributed by atoms with Crippen LogP contribution in [0.15, 0.2) is 29.5 Å². The molecule has 0 aliphatic carbocycles. The van der Waals surface area contributed by atoms with Crippen molar-refractivity contribution in [2.45, 2.75) is 44.8 Å². The molecule has 184 valence electrons. The number of thiophene rings is 1. The highest BCUT2D eigenvalue weighted by molar-refractivity contribution is 7.16. The van der Waals surface area contributed by atoms with E-state index >= 15 is 0 Å². The third-order valence-electron chi connectivity index (χ3n) is 7.02. The molecule has 5 rings (SSSR count). The van der Waals surface area contributed by atoms with Gasteiger partial charge in [0.2, 0.25) is 0 Å². The summed E-state index contributed by atoms with van der Waals surface area (Å²) in [5, 5.41) is 6.77. The smallest absolute Gasteiger partial charge is 0.297 e. The summed E-state index contributed by atoms with van der Waals surface area (Å²) in [7, 11) is 0. The summed E-state index contributed by atoms with van der Waals surface area (Å²) in [6.45, 7) is 7.81. The van der Waals surface area contributed by atoms with Crippen molar-refractivity contribution in [3.05, 3.63) is 44.7 Å². The first kappa shape index (κ1) is 24.1. The number of anilines is 1. The SMILES string of the molecule is CCOCc1cccnc1N1CC(CN2CCC3(CC2)OCC(F)(F)c2cc(Cl)sc23)C(C)=N1. The Labute approximate surface area is 207 Å². The molecule has 5 heterocycles. The van der Waals surface area contributed by atoms with Crippen LogP contribution in [-0.2, 0) is 27.6 Å². The number of ether oxygens (including phenoxy) is 2. The van der Waals surface area contributed by atoms with E-state index in [1.165, 1.54) is 17.4 Å². The maximum absolute atomic E-state index is 14.4. The van der Waals surface area contributed by atoms with Crippen molar-refractivity contribution in [1.29, 1.82) is 0 Å². The average molecular weight is 511 g/mol. The molecule has 0 radical (unpaired) electrons. The van der Waals surface area contributed by atoms with E-state index in [1.54, 1.807) is 6.20 Å². The van der Waals surface area contributed by atoms with Crippen molar-refractivity contribution in [1.82, 2.24) is 9.88 Å². The largest absolute Gasteiger partial charge is 0.377 e. The molecule has 1 saturated heterocycles. The lowest BCUT2D eigenvalue weighted by Crippen LogP contribution is -2.50. The molecular weight excluding hydrogens is 482 g/mol. The zero-order valence-electron chi connectivity index (χ0n) is 19.4. The van der Waals surface area contributed by atoms with Crippen LogP contribution in [0.3, 0.4) is 0 Å². The van der Waals surface area contributed by atoms with Gasteiger partial charge in [-0.1, -0.05) is 17.7 Å². The van der Waals surface area contributed by atoms with E-state index in [1.807, 2.05) is 24.1 Å². The summed E-state index contributed by atoms with van der Waals surface area (Å²) in [6, 6.07) is 5.36. The highest BCUT2D eigenvalue weighted by Gasteiger charge is 2.51. The van der Waals surface area contributed by atoms with E-state index < -0.39 is 18.1 Å².